The Kier molecular flexibility index (Phi) is 4.15. The van der Waals surface area contributed by atoms with E-state index in [1.807, 2.05) is 37.4 Å². The molecule has 0 saturated heterocycles. The van der Waals surface area contributed by atoms with Crippen molar-refractivity contribution in [1.82, 2.24) is 10.3 Å². The van der Waals surface area contributed by atoms with Crippen molar-refractivity contribution in [3.63, 3.8) is 0 Å². The highest BCUT2D eigenvalue weighted by atomic mass is 16.5. The molecule has 0 amide bonds. The van der Waals surface area contributed by atoms with Gasteiger partial charge in [0.15, 0.2) is 11.5 Å². The molecule has 0 radical (unpaired) electrons. The lowest BCUT2D eigenvalue weighted by Crippen LogP contribution is -2.06. The predicted molar refractivity (Wildman–Crippen MR) is 70.1 cm³/mol. The van der Waals surface area contributed by atoms with Gasteiger partial charge in [-0.1, -0.05) is 12.1 Å². The molecule has 94 valence electrons. The second kappa shape index (κ2) is 6.02. The summed E-state index contributed by atoms with van der Waals surface area (Å²) in [5.41, 5.74) is 1.05. The van der Waals surface area contributed by atoms with E-state index < -0.39 is 0 Å². The van der Waals surface area contributed by atoms with Crippen molar-refractivity contribution < 1.29 is 9.47 Å². The van der Waals surface area contributed by atoms with Crippen molar-refractivity contribution in [2.24, 2.45) is 0 Å². The molecular formula is C14H16N2O2. The number of para-hydroxylation sites is 2. The lowest BCUT2D eigenvalue weighted by molar-refractivity contribution is 0.377. The van der Waals surface area contributed by atoms with Crippen LogP contribution in [-0.4, -0.2) is 19.1 Å². The average molecular weight is 244 g/mol. The van der Waals surface area contributed by atoms with Crippen molar-refractivity contribution in [2.45, 2.75) is 6.54 Å². The zero-order valence-corrected chi connectivity index (χ0v) is 10.5. The minimum absolute atomic E-state index is 0.686. The Morgan fingerprint density at radius 2 is 1.89 bits per heavy atom. The lowest BCUT2D eigenvalue weighted by atomic mass is 10.2. The molecule has 0 spiro atoms. The summed E-state index contributed by atoms with van der Waals surface area (Å²) < 4.78 is 11.1. The number of ether oxygens (including phenoxy) is 2. The van der Waals surface area contributed by atoms with E-state index in [0.717, 1.165) is 17.9 Å². The zero-order chi connectivity index (χ0) is 12.8. The van der Waals surface area contributed by atoms with Gasteiger partial charge in [0, 0.05) is 18.3 Å². The van der Waals surface area contributed by atoms with Crippen LogP contribution in [0.2, 0.25) is 0 Å². The molecule has 0 atom stereocenters. The first-order valence-electron chi connectivity index (χ1n) is 5.73. The van der Waals surface area contributed by atoms with Gasteiger partial charge in [-0.15, -0.1) is 0 Å². The van der Waals surface area contributed by atoms with Crippen molar-refractivity contribution in [3.05, 3.63) is 48.3 Å². The van der Waals surface area contributed by atoms with Gasteiger partial charge in [-0.3, -0.25) is 4.98 Å². The summed E-state index contributed by atoms with van der Waals surface area (Å²) in [6.45, 7) is 0.729. The molecule has 0 aliphatic heterocycles. The Labute approximate surface area is 107 Å². The number of nitrogens with zero attached hydrogens (tertiary/aromatic N) is 1. The first-order chi connectivity index (χ1) is 8.85. The normalized spacial score (nSPS) is 10.1. The van der Waals surface area contributed by atoms with Gasteiger partial charge >= 0.3 is 0 Å². The fourth-order valence-corrected chi connectivity index (χ4v) is 1.66. The molecule has 0 saturated carbocycles. The zero-order valence-electron chi connectivity index (χ0n) is 10.5. The molecule has 0 aliphatic rings. The van der Waals surface area contributed by atoms with Crippen molar-refractivity contribution in [1.29, 1.82) is 0 Å². The van der Waals surface area contributed by atoms with Gasteiger partial charge in [-0.25, -0.2) is 0 Å². The summed E-state index contributed by atoms with van der Waals surface area (Å²) in [6, 6.07) is 9.48. The lowest BCUT2D eigenvalue weighted by Gasteiger charge is -2.12. The average Bonchev–Trinajstić information content (AvgIpc) is 2.42. The SMILES string of the molecule is CNCc1ccncc1Oc1ccccc1OC. The predicted octanol–water partition coefficient (Wildman–Crippen LogP) is 2.60. The smallest absolute Gasteiger partial charge is 0.169 e. The van der Waals surface area contributed by atoms with E-state index in [0.29, 0.717) is 11.5 Å². The van der Waals surface area contributed by atoms with Gasteiger partial charge in [0.05, 0.1) is 13.3 Å². The third-order valence-corrected chi connectivity index (χ3v) is 2.53. The molecule has 2 aromatic rings. The molecule has 1 aromatic heterocycles. The molecule has 0 bridgehead atoms. The van der Waals surface area contributed by atoms with Crippen LogP contribution in [-0.2, 0) is 6.54 Å². The van der Waals surface area contributed by atoms with E-state index >= 15 is 0 Å². The molecule has 1 N–H and O–H groups in total. The minimum atomic E-state index is 0.686. The fraction of sp³-hybridized carbons (Fsp3) is 0.214. The highest BCUT2D eigenvalue weighted by molar-refractivity contribution is 5.43. The molecule has 4 nitrogen and oxygen atoms in total. The number of benzene rings is 1. The summed E-state index contributed by atoms with van der Waals surface area (Å²) in [5, 5.41) is 3.10. The number of pyridine rings is 1. The Bertz CT molecular complexity index is 515. The molecule has 0 aliphatic carbocycles. The number of rotatable bonds is 5. The maximum atomic E-state index is 5.86. The van der Waals surface area contributed by atoms with E-state index in [2.05, 4.69) is 10.3 Å². The highest BCUT2D eigenvalue weighted by Gasteiger charge is 2.07. The van der Waals surface area contributed by atoms with Gasteiger partial charge < -0.3 is 14.8 Å². The molecule has 1 heterocycles. The van der Waals surface area contributed by atoms with E-state index in [-0.39, 0.29) is 0 Å². The molecule has 2 rings (SSSR count). The third-order valence-electron chi connectivity index (χ3n) is 2.53. The molecule has 0 unspecified atom stereocenters. The second-order valence-electron chi connectivity index (χ2n) is 3.77. The van der Waals surface area contributed by atoms with Crippen LogP contribution in [0.25, 0.3) is 0 Å². The summed E-state index contributed by atoms with van der Waals surface area (Å²) >= 11 is 0. The summed E-state index contributed by atoms with van der Waals surface area (Å²) in [4.78, 5) is 4.09. The first kappa shape index (κ1) is 12.4. The van der Waals surface area contributed by atoms with Crippen molar-refractivity contribution in [2.75, 3.05) is 14.2 Å². The maximum Gasteiger partial charge on any atom is 0.169 e. The number of hydrogen-bond acceptors (Lipinski definition) is 4. The Morgan fingerprint density at radius 1 is 1.11 bits per heavy atom. The van der Waals surface area contributed by atoms with Gasteiger partial charge in [-0.2, -0.15) is 0 Å². The van der Waals surface area contributed by atoms with E-state index in [1.54, 1.807) is 19.5 Å². The quantitative estimate of drug-likeness (QED) is 0.878. The molecule has 4 heteroatoms. The number of hydrogen-bond donors (Lipinski definition) is 1. The molecule has 0 fully saturated rings. The molecule has 18 heavy (non-hydrogen) atoms. The van der Waals surface area contributed by atoms with Crippen LogP contribution in [0.4, 0.5) is 0 Å². The number of aromatic nitrogens is 1. The maximum absolute atomic E-state index is 5.86. The molecule has 1 aromatic carbocycles. The van der Waals surface area contributed by atoms with Crippen LogP contribution in [0.5, 0.6) is 17.2 Å². The van der Waals surface area contributed by atoms with E-state index in [4.69, 9.17) is 9.47 Å². The van der Waals surface area contributed by atoms with E-state index in [1.165, 1.54) is 0 Å². The van der Waals surface area contributed by atoms with Gasteiger partial charge in [0.2, 0.25) is 0 Å². The highest BCUT2D eigenvalue weighted by Crippen LogP contribution is 2.32. The van der Waals surface area contributed by atoms with Crippen LogP contribution in [0.3, 0.4) is 0 Å². The first-order valence-corrected chi connectivity index (χ1v) is 5.73. The standard InChI is InChI=1S/C14H16N2O2/c1-15-9-11-7-8-16-10-14(11)18-13-6-4-3-5-12(13)17-2/h3-8,10,15H,9H2,1-2H3. The largest absolute Gasteiger partial charge is 0.493 e. The number of nitrogens with one attached hydrogen (secondary N) is 1. The summed E-state index contributed by atoms with van der Waals surface area (Å²) in [5.74, 6) is 2.12. The monoisotopic (exact) mass is 244 g/mol. The Hall–Kier alpha value is -2.07. The number of methoxy groups -OCH3 is 1. The van der Waals surface area contributed by atoms with Crippen LogP contribution in [0.15, 0.2) is 42.7 Å². The fourth-order valence-electron chi connectivity index (χ4n) is 1.66. The van der Waals surface area contributed by atoms with Crippen molar-refractivity contribution in [3.8, 4) is 17.2 Å². The van der Waals surface area contributed by atoms with E-state index in [9.17, 15) is 0 Å². The minimum Gasteiger partial charge on any atom is -0.493 e. The third kappa shape index (κ3) is 2.78. The van der Waals surface area contributed by atoms with Crippen LogP contribution in [0.1, 0.15) is 5.56 Å². The second-order valence-corrected chi connectivity index (χ2v) is 3.77. The van der Waals surface area contributed by atoms with Crippen molar-refractivity contribution >= 4 is 0 Å². The van der Waals surface area contributed by atoms with Gasteiger partial charge in [0.25, 0.3) is 0 Å². The van der Waals surface area contributed by atoms with Gasteiger partial charge in [0.1, 0.15) is 5.75 Å². The summed E-state index contributed by atoms with van der Waals surface area (Å²) in [6.07, 6.45) is 3.46. The van der Waals surface area contributed by atoms with Crippen LogP contribution >= 0.6 is 0 Å². The molecular weight excluding hydrogens is 228 g/mol. The van der Waals surface area contributed by atoms with Crippen LogP contribution in [0, 0.1) is 0 Å². The Morgan fingerprint density at radius 3 is 2.61 bits per heavy atom. The topological polar surface area (TPSA) is 43.4 Å². The Balaban J connectivity index is 2.28. The summed E-state index contributed by atoms with van der Waals surface area (Å²) in [7, 11) is 3.52. The van der Waals surface area contributed by atoms with Gasteiger partial charge in [-0.05, 0) is 25.2 Å². The van der Waals surface area contributed by atoms with Crippen LogP contribution < -0.4 is 14.8 Å².